The normalized spacial score (nSPS) is 12.4. The first-order chi connectivity index (χ1) is 24.3. The third-order valence-electron chi connectivity index (χ3n) is 8.77. The van der Waals surface area contributed by atoms with E-state index in [4.69, 9.17) is 0 Å². The standard InChI is InChI=1S/C40H16F6N4O/c41-39(42,43)27-7-1-21(2-8-27)23-5-11-29-31-15-36-32(16-35(31)37(33(29)13-23)25(17-47)18-48)30-12-6-24(14-34(30)38(36)26(19-49)20-50)22-3-9-28(10-4-22)51-40(44,45)46/h1-16H. The van der Waals surface area contributed by atoms with Crippen LogP contribution in [0.1, 0.15) is 27.8 Å². The fraction of sp³-hybridized carbons (Fsp3) is 0.0500. The number of ether oxygens (including phenoxy) is 1. The lowest BCUT2D eigenvalue weighted by molar-refractivity contribution is -0.274. The third-order valence-corrected chi connectivity index (χ3v) is 8.77. The van der Waals surface area contributed by atoms with E-state index >= 15 is 0 Å². The second-order valence-corrected chi connectivity index (χ2v) is 11.6. The summed E-state index contributed by atoms with van der Waals surface area (Å²) in [4.78, 5) is 0. The van der Waals surface area contributed by atoms with E-state index in [0.717, 1.165) is 12.1 Å². The molecule has 0 atom stereocenters. The Bertz CT molecular complexity index is 2520. The first-order valence-corrected chi connectivity index (χ1v) is 15.0. The summed E-state index contributed by atoms with van der Waals surface area (Å²) < 4.78 is 81.7. The number of benzene rings is 5. The Balaban J connectivity index is 1.38. The van der Waals surface area contributed by atoms with Gasteiger partial charge in [-0.15, -0.1) is 13.2 Å². The number of alkyl halides is 6. The highest BCUT2D eigenvalue weighted by molar-refractivity contribution is 6.11. The molecule has 0 spiro atoms. The quantitative estimate of drug-likeness (QED) is 0.136. The molecule has 0 bridgehead atoms. The lowest BCUT2D eigenvalue weighted by Gasteiger charge is -2.10. The van der Waals surface area contributed by atoms with E-state index < -0.39 is 23.9 Å². The monoisotopic (exact) mass is 682 g/mol. The minimum absolute atomic E-state index is 0.178. The smallest absolute Gasteiger partial charge is 0.406 e. The van der Waals surface area contributed by atoms with Crippen LogP contribution in [0, 0.1) is 45.3 Å². The van der Waals surface area contributed by atoms with Crippen LogP contribution in [0.2, 0.25) is 0 Å². The van der Waals surface area contributed by atoms with Crippen LogP contribution >= 0.6 is 0 Å². The molecule has 2 aliphatic rings. The lowest BCUT2D eigenvalue weighted by atomic mass is 9.93. The molecule has 0 fully saturated rings. The average Bonchev–Trinajstić information content (AvgIpc) is 3.59. The molecule has 5 aromatic rings. The average molecular weight is 683 g/mol. The Labute approximate surface area is 286 Å². The van der Waals surface area contributed by atoms with Gasteiger partial charge in [0.1, 0.15) is 41.2 Å². The van der Waals surface area contributed by atoms with Gasteiger partial charge in [0.05, 0.1) is 5.56 Å². The summed E-state index contributed by atoms with van der Waals surface area (Å²) in [7, 11) is 0. The number of allylic oxidation sites excluding steroid dienone is 2. The molecule has 0 radical (unpaired) electrons. The summed E-state index contributed by atoms with van der Waals surface area (Å²) in [6, 6.07) is 31.8. The topological polar surface area (TPSA) is 104 Å². The van der Waals surface area contributed by atoms with Crippen LogP contribution in [0.25, 0.3) is 55.7 Å². The molecule has 0 amide bonds. The van der Waals surface area contributed by atoms with E-state index in [-0.39, 0.29) is 11.1 Å². The molecule has 0 heterocycles. The van der Waals surface area contributed by atoms with Crippen LogP contribution in [-0.2, 0) is 6.18 Å². The predicted molar refractivity (Wildman–Crippen MR) is 174 cm³/mol. The molecule has 0 N–H and O–H groups in total. The Kier molecular flexibility index (Phi) is 7.52. The molecule has 0 unspecified atom stereocenters. The molecule has 0 aromatic heterocycles. The number of hydrogen-bond donors (Lipinski definition) is 0. The fourth-order valence-electron chi connectivity index (χ4n) is 6.59. The maximum absolute atomic E-state index is 13.2. The number of halogens is 6. The second kappa shape index (κ2) is 11.8. The molecule has 244 valence electrons. The van der Waals surface area contributed by atoms with Gasteiger partial charge in [0.2, 0.25) is 0 Å². The largest absolute Gasteiger partial charge is 0.573 e. The summed E-state index contributed by atoms with van der Waals surface area (Å²) in [5.41, 5.74) is 6.34. The van der Waals surface area contributed by atoms with E-state index in [0.29, 0.717) is 77.9 Å². The summed E-state index contributed by atoms with van der Waals surface area (Å²) in [5, 5.41) is 40.0. The van der Waals surface area contributed by atoms with Crippen LogP contribution in [0.15, 0.2) is 108 Å². The Morgan fingerprint density at radius 2 is 0.804 bits per heavy atom. The van der Waals surface area contributed by atoms with Gasteiger partial charge in [-0.25, -0.2) is 0 Å². The highest BCUT2D eigenvalue weighted by atomic mass is 19.4. The van der Waals surface area contributed by atoms with Gasteiger partial charge in [0, 0.05) is 11.1 Å². The first-order valence-electron chi connectivity index (χ1n) is 15.0. The minimum Gasteiger partial charge on any atom is -0.406 e. The van der Waals surface area contributed by atoms with Crippen molar-refractivity contribution in [3.8, 4) is 74.5 Å². The molecular formula is C40H16F6N4O. The summed E-state index contributed by atoms with van der Waals surface area (Å²) in [6.45, 7) is 0. The maximum atomic E-state index is 13.2. The predicted octanol–water partition coefficient (Wildman–Crippen LogP) is 10.6. The van der Waals surface area contributed by atoms with Crippen molar-refractivity contribution in [3.05, 3.63) is 136 Å². The van der Waals surface area contributed by atoms with Crippen molar-refractivity contribution in [2.45, 2.75) is 12.5 Å². The molecule has 0 saturated carbocycles. The number of nitriles is 4. The van der Waals surface area contributed by atoms with Gasteiger partial charge in [-0.05, 0) is 115 Å². The van der Waals surface area contributed by atoms with Crippen molar-refractivity contribution in [3.63, 3.8) is 0 Å². The van der Waals surface area contributed by atoms with E-state index in [1.54, 1.807) is 48.5 Å². The van der Waals surface area contributed by atoms with Gasteiger partial charge in [-0.2, -0.15) is 34.2 Å². The van der Waals surface area contributed by atoms with Gasteiger partial charge in [-0.1, -0.05) is 48.5 Å². The van der Waals surface area contributed by atoms with Gasteiger partial charge in [-0.3, -0.25) is 0 Å². The van der Waals surface area contributed by atoms with Crippen LogP contribution in [0.4, 0.5) is 26.3 Å². The van der Waals surface area contributed by atoms with E-state index in [1.165, 1.54) is 36.4 Å². The highest BCUT2D eigenvalue weighted by Crippen LogP contribution is 2.54. The molecule has 0 aliphatic heterocycles. The van der Waals surface area contributed by atoms with E-state index in [9.17, 15) is 47.4 Å². The summed E-state index contributed by atoms with van der Waals surface area (Å²) in [5.74, 6) is -0.393. The van der Waals surface area contributed by atoms with Crippen LogP contribution in [0.3, 0.4) is 0 Å². The van der Waals surface area contributed by atoms with Crippen molar-refractivity contribution in [2.24, 2.45) is 0 Å². The van der Waals surface area contributed by atoms with E-state index in [2.05, 4.69) is 4.74 Å². The molecular weight excluding hydrogens is 666 g/mol. The van der Waals surface area contributed by atoms with Crippen LogP contribution < -0.4 is 4.74 Å². The zero-order valence-corrected chi connectivity index (χ0v) is 25.7. The van der Waals surface area contributed by atoms with Gasteiger partial charge in [0.15, 0.2) is 0 Å². The van der Waals surface area contributed by atoms with Crippen molar-refractivity contribution < 1.29 is 31.1 Å². The zero-order valence-electron chi connectivity index (χ0n) is 25.7. The van der Waals surface area contributed by atoms with Crippen LogP contribution in [-0.4, -0.2) is 6.36 Å². The van der Waals surface area contributed by atoms with Crippen molar-refractivity contribution in [2.75, 3.05) is 0 Å². The molecule has 5 aromatic carbocycles. The third kappa shape index (κ3) is 5.54. The molecule has 51 heavy (non-hydrogen) atoms. The highest BCUT2D eigenvalue weighted by Gasteiger charge is 2.35. The van der Waals surface area contributed by atoms with Gasteiger partial charge in [0.25, 0.3) is 0 Å². The first kappa shape index (κ1) is 32.5. The van der Waals surface area contributed by atoms with Gasteiger partial charge >= 0.3 is 12.5 Å². The fourth-order valence-corrected chi connectivity index (χ4v) is 6.59. The van der Waals surface area contributed by atoms with Crippen molar-refractivity contribution >= 4 is 11.1 Å². The SMILES string of the molecule is N#CC(C#N)=C1c2cc(-c3ccc(OC(F)(F)F)cc3)ccc2-c2cc3c(cc21)-c1ccc(-c2ccc(C(F)(F)F)cc2)cc1C3=C(C#N)C#N. The maximum Gasteiger partial charge on any atom is 0.573 e. The Morgan fingerprint density at radius 3 is 1.18 bits per heavy atom. The minimum atomic E-state index is -4.85. The lowest BCUT2D eigenvalue weighted by Crippen LogP contribution is -2.16. The number of nitrogens with zero attached hydrogens (tertiary/aromatic N) is 4. The summed E-state index contributed by atoms with van der Waals surface area (Å²) >= 11 is 0. The zero-order chi connectivity index (χ0) is 36.2. The van der Waals surface area contributed by atoms with Gasteiger partial charge < -0.3 is 4.74 Å². The summed E-state index contributed by atoms with van der Waals surface area (Å²) in [6.07, 6.45) is -9.36. The van der Waals surface area contributed by atoms with Crippen LogP contribution in [0.5, 0.6) is 5.75 Å². The second-order valence-electron chi connectivity index (χ2n) is 11.6. The molecule has 11 heteroatoms. The number of rotatable bonds is 3. The molecule has 5 nitrogen and oxygen atoms in total. The number of fused-ring (bicyclic) bond motifs is 6. The van der Waals surface area contributed by atoms with Crippen molar-refractivity contribution in [1.29, 1.82) is 21.0 Å². The number of hydrogen-bond acceptors (Lipinski definition) is 5. The molecule has 0 saturated heterocycles. The Hall–Kier alpha value is -7.08. The van der Waals surface area contributed by atoms with Crippen molar-refractivity contribution in [1.82, 2.24) is 0 Å². The Morgan fingerprint density at radius 1 is 0.431 bits per heavy atom. The van der Waals surface area contributed by atoms with E-state index in [1.807, 2.05) is 24.3 Å². The molecule has 2 aliphatic carbocycles. The molecule has 7 rings (SSSR count).